The number of benzene rings is 2. The molecule has 0 atom stereocenters. The predicted molar refractivity (Wildman–Crippen MR) is 66.0 cm³/mol. The second-order valence-electron chi connectivity index (χ2n) is 3.95. The van der Waals surface area contributed by atoms with Crippen LogP contribution in [0.5, 0.6) is 0 Å². The number of hydrogen-bond donors (Lipinski definition) is 2. The third-order valence-electron chi connectivity index (χ3n) is 2.62. The van der Waals surface area contributed by atoms with Crippen molar-refractivity contribution in [3.63, 3.8) is 0 Å². The van der Waals surface area contributed by atoms with E-state index in [4.69, 9.17) is 5.11 Å². The molecule has 0 radical (unpaired) electrons. The van der Waals surface area contributed by atoms with Gasteiger partial charge >= 0.3 is 0 Å². The monoisotopic (exact) mass is 249 g/mol. The summed E-state index contributed by atoms with van der Waals surface area (Å²) >= 11 is 0. The molecule has 0 bridgehead atoms. The average molecular weight is 249 g/mol. The molecule has 0 aliphatic carbocycles. The first-order valence-electron chi connectivity index (χ1n) is 5.56. The lowest BCUT2D eigenvalue weighted by Gasteiger charge is -2.08. The molecule has 0 spiro atoms. The van der Waals surface area contributed by atoms with Crippen LogP contribution in [-0.4, -0.2) is 5.11 Å². The topological polar surface area (TPSA) is 32.3 Å². The molecule has 0 amide bonds. The first-order valence-corrected chi connectivity index (χ1v) is 5.56. The Kier molecular flexibility index (Phi) is 3.89. The first-order chi connectivity index (χ1) is 8.69. The van der Waals surface area contributed by atoms with Gasteiger partial charge in [-0.05, 0) is 29.3 Å². The summed E-state index contributed by atoms with van der Waals surface area (Å²) in [5, 5.41) is 11.7. The van der Waals surface area contributed by atoms with Crippen LogP contribution in [0.1, 0.15) is 11.1 Å². The summed E-state index contributed by atoms with van der Waals surface area (Å²) in [4.78, 5) is 0. The van der Waals surface area contributed by atoms with Crippen molar-refractivity contribution in [2.24, 2.45) is 0 Å². The largest absolute Gasteiger partial charge is 0.392 e. The van der Waals surface area contributed by atoms with Crippen LogP contribution >= 0.6 is 0 Å². The van der Waals surface area contributed by atoms with Gasteiger partial charge in [0.1, 0.15) is 11.6 Å². The fraction of sp³-hybridized carbons (Fsp3) is 0.143. The summed E-state index contributed by atoms with van der Waals surface area (Å²) in [6.07, 6.45) is 0. The Labute approximate surface area is 104 Å². The van der Waals surface area contributed by atoms with Crippen LogP contribution in [0.3, 0.4) is 0 Å². The van der Waals surface area contributed by atoms with Crippen LogP contribution in [0.2, 0.25) is 0 Å². The number of halogens is 2. The van der Waals surface area contributed by atoms with Gasteiger partial charge < -0.3 is 10.4 Å². The molecule has 2 aromatic rings. The van der Waals surface area contributed by atoms with Crippen molar-refractivity contribution in [2.75, 3.05) is 5.32 Å². The molecule has 0 aliphatic heterocycles. The second kappa shape index (κ2) is 5.60. The maximum Gasteiger partial charge on any atom is 0.146 e. The van der Waals surface area contributed by atoms with Crippen LogP contribution < -0.4 is 5.32 Å². The predicted octanol–water partition coefficient (Wildman–Crippen LogP) is 3.07. The van der Waals surface area contributed by atoms with E-state index in [2.05, 4.69) is 5.32 Å². The lowest BCUT2D eigenvalue weighted by molar-refractivity contribution is 0.282. The van der Waals surface area contributed by atoms with Crippen LogP contribution in [0.15, 0.2) is 42.5 Å². The second-order valence-corrected chi connectivity index (χ2v) is 3.95. The Hall–Kier alpha value is -1.94. The lowest BCUT2D eigenvalue weighted by atomic mass is 10.1. The third kappa shape index (κ3) is 3.05. The molecule has 0 heterocycles. The summed E-state index contributed by atoms with van der Waals surface area (Å²) in [6, 6.07) is 10.5. The highest BCUT2D eigenvalue weighted by molar-refractivity contribution is 5.45. The smallest absolute Gasteiger partial charge is 0.146 e. The molecule has 4 heteroatoms. The van der Waals surface area contributed by atoms with E-state index in [0.717, 1.165) is 29.3 Å². The van der Waals surface area contributed by atoms with Crippen molar-refractivity contribution in [3.8, 4) is 0 Å². The van der Waals surface area contributed by atoms with Gasteiger partial charge in [-0.1, -0.05) is 24.3 Å². The fourth-order valence-electron chi connectivity index (χ4n) is 1.59. The molecule has 0 aliphatic rings. The quantitative estimate of drug-likeness (QED) is 0.872. The van der Waals surface area contributed by atoms with Crippen molar-refractivity contribution in [3.05, 3.63) is 65.2 Å². The van der Waals surface area contributed by atoms with Crippen LogP contribution in [0.25, 0.3) is 0 Å². The minimum absolute atomic E-state index is 0.00771. The van der Waals surface area contributed by atoms with Gasteiger partial charge in [0.05, 0.1) is 12.3 Å². The average Bonchev–Trinajstić information content (AvgIpc) is 2.40. The third-order valence-corrected chi connectivity index (χ3v) is 2.62. The van der Waals surface area contributed by atoms with E-state index in [1.165, 1.54) is 0 Å². The summed E-state index contributed by atoms with van der Waals surface area (Å²) in [6.45, 7) is 0.387. The van der Waals surface area contributed by atoms with Crippen molar-refractivity contribution >= 4 is 5.69 Å². The number of aliphatic hydroxyl groups excluding tert-OH is 1. The number of hydrogen-bond acceptors (Lipinski definition) is 2. The number of aliphatic hydroxyl groups is 1. The Morgan fingerprint density at radius 2 is 1.61 bits per heavy atom. The van der Waals surface area contributed by atoms with E-state index < -0.39 is 11.6 Å². The molecular weight excluding hydrogens is 236 g/mol. The maximum absolute atomic E-state index is 13.3. The first kappa shape index (κ1) is 12.5. The number of anilines is 1. The summed E-state index contributed by atoms with van der Waals surface area (Å²) in [7, 11) is 0. The molecule has 0 fully saturated rings. The van der Waals surface area contributed by atoms with E-state index in [0.29, 0.717) is 6.54 Å². The zero-order chi connectivity index (χ0) is 13.0. The number of rotatable bonds is 4. The molecule has 94 valence electrons. The van der Waals surface area contributed by atoms with Gasteiger partial charge in [0, 0.05) is 6.54 Å². The molecule has 18 heavy (non-hydrogen) atoms. The van der Waals surface area contributed by atoms with Crippen molar-refractivity contribution in [1.29, 1.82) is 0 Å². The molecule has 0 saturated heterocycles. The minimum atomic E-state index is -0.483. The van der Waals surface area contributed by atoms with Gasteiger partial charge in [0.15, 0.2) is 0 Å². The maximum atomic E-state index is 13.3. The number of nitrogens with one attached hydrogen (secondary N) is 1. The highest BCUT2D eigenvalue weighted by atomic mass is 19.1. The highest BCUT2D eigenvalue weighted by Gasteiger charge is 2.03. The van der Waals surface area contributed by atoms with Gasteiger partial charge in [0.2, 0.25) is 0 Å². The Balaban J connectivity index is 2.04. The minimum Gasteiger partial charge on any atom is -0.392 e. The van der Waals surface area contributed by atoms with E-state index in [9.17, 15) is 8.78 Å². The van der Waals surface area contributed by atoms with Gasteiger partial charge in [-0.25, -0.2) is 8.78 Å². The standard InChI is InChI=1S/C14H13F2NO/c15-12-5-6-13(16)14(7-12)17-8-10-1-3-11(9-18)4-2-10/h1-7,17-18H,8-9H2. The zero-order valence-corrected chi connectivity index (χ0v) is 9.66. The molecular formula is C14H13F2NO. The lowest BCUT2D eigenvalue weighted by Crippen LogP contribution is -2.02. The molecule has 0 aromatic heterocycles. The summed E-state index contributed by atoms with van der Waals surface area (Å²) in [5.41, 5.74) is 1.88. The zero-order valence-electron chi connectivity index (χ0n) is 9.66. The Morgan fingerprint density at radius 1 is 0.944 bits per heavy atom. The highest BCUT2D eigenvalue weighted by Crippen LogP contribution is 2.16. The van der Waals surface area contributed by atoms with E-state index in [1.54, 1.807) is 12.1 Å². The van der Waals surface area contributed by atoms with E-state index >= 15 is 0 Å². The fourth-order valence-corrected chi connectivity index (χ4v) is 1.59. The van der Waals surface area contributed by atoms with Crippen molar-refractivity contribution in [1.82, 2.24) is 0 Å². The SMILES string of the molecule is OCc1ccc(CNc2cc(F)ccc2F)cc1. The summed E-state index contributed by atoms with van der Waals surface area (Å²) in [5.74, 6) is -0.960. The molecule has 2 aromatic carbocycles. The Bertz CT molecular complexity index is 526. The van der Waals surface area contributed by atoms with Gasteiger partial charge in [-0.2, -0.15) is 0 Å². The molecule has 2 nitrogen and oxygen atoms in total. The van der Waals surface area contributed by atoms with Gasteiger partial charge in [-0.15, -0.1) is 0 Å². The summed E-state index contributed by atoms with van der Waals surface area (Å²) < 4.78 is 26.3. The Morgan fingerprint density at radius 3 is 2.28 bits per heavy atom. The molecule has 0 unspecified atom stereocenters. The van der Waals surface area contributed by atoms with Gasteiger partial charge in [0.25, 0.3) is 0 Å². The van der Waals surface area contributed by atoms with Crippen LogP contribution in [0, 0.1) is 11.6 Å². The molecule has 2 rings (SSSR count). The normalized spacial score (nSPS) is 10.4. The van der Waals surface area contributed by atoms with E-state index in [-0.39, 0.29) is 12.3 Å². The van der Waals surface area contributed by atoms with Crippen LogP contribution in [-0.2, 0) is 13.2 Å². The van der Waals surface area contributed by atoms with Crippen LogP contribution in [0.4, 0.5) is 14.5 Å². The van der Waals surface area contributed by atoms with Crippen molar-refractivity contribution in [2.45, 2.75) is 13.2 Å². The molecule has 2 N–H and O–H groups in total. The molecule has 0 saturated carbocycles. The van der Waals surface area contributed by atoms with Gasteiger partial charge in [-0.3, -0.25) is 0 Å². The van der Waals surface area contributed by atoms with E-state index in [1.807, 2.05) is 12.1 Å². The van der Waals surface area contributed by atoms with Crippen molar-refractivity contribution < 1.29 is 13.9 Å².